The predicted octanol–water partition coefficient (Wildman–Crippen LogP) is 3.43. The van der Waals surface area contributed by atoms with E-state index in [1.807, 2.05) is 45.9 Å². The van der Waals surface area contributed by atoms with E-state index in [-0.39, 0.29) is 18.5 Å². The lowest BCUT2D eigenvalue weighted by Crippen LogP contribution is -2.54. The van der Waals surface area contributed by atoms with Gasteiger partial charge in [0.2, 0.25) is 17.7 Å². The molecule has 3 unspecified atom stereocenters. The van der Waals surface area contributed by atoms with Gasteiger partial charge in [0.05, 0.1) is 6.42 Å². The fraction of sp³-hybridized carbons (Fsp3) is 0.556. The number of amides is 4. The first kappa shape index (κ1) is 30.7. The lowest BCUT2D eigenvalue weighted by atomic mass is 9.93. The third-order valence-corrected chi connectivity index (χ3v) is 5.49. The van der Waals surface area contributed by atoms with Crippen molar-refractivity contribution in [2.75, 3.05) is 6.54 Å². The number of ether oxygens (including phenoxy) is 1. The van der Waals surface area contributed by atoms with Crippen LogP contribution in [0.15, 0.2) is 30.9 Å². The van der Waals surface area contributed by atoms with Crippen LogP contribution in [0, 0.1) is 13.8 Å². The van der Waals surface area contributed by atoms with Gasteiger partial charge in [-0.1, -0.05) is 37.6 Å². The van der Waals surface area contributed by atoms with E-state index < -0.39 is 42.0 Å². The van der Waals surface area contributed by atoms with Crippen molar-refractivity contribution >= 4 is 23.8 Å². The third kappa shape index (κ3) is 9.36. The Hall–Kier alpha value is -3.36. The summed E-state index contributed by atoms with van der Waals surface area (Å²) in [6.45, 7) is 16.5. The molecule has 4 amide bonds. The van der Waals surface area contributed by atoms with Crippen LogP contribution >= 0.6 is 0 Å². The highest BCUT2D eigenvalue weighted by Crippen LogP contribution is 2.29. The minimum absolute atomic E-state index is 0.00187. The van der Waals surface area contributed by atoms with Crippen LogP contribution in [0.25, 0.3) is 0 Å². The Kier molecular flexibility index (Phi) is 11.6. The number of alkyl carbamates (subject to hydrolysis) is 1. The third-order valence-electron chi connectivity index (χ3n) is 5.49. The summed E-state index contributed by atoms with van der Waals surface area (Å²) >= 11 is 0. The Bertz CT molecular complexity index is 934. The minimum Gasteiger partial charge on any atom is -0.444 e. The van der Waals surface area contributed by atoms with Gasteiger partial charge in [0.15, 0.2) is 0 Å². The van der Waals surface area contributed by atoms with Crippen LogP contribution in [0.1, 0.15) is 76.6 Å². The second-order valence-electron chi connectivity index (χ2n) is 10.1. The first-order chi connectivity index (χ1) is 16.7. The largest absolute Gasteiger partial charge is 0.444 e. The first-order valence-corrected chi connectivity index (χ1v) is 12.3. The SMILES string of the molecule is C=CCN(C(=O)C(CC(N)=O)NC(=O)OC(C)(C)C)C(C(=O)NC(C)CCC)c1c(C)cccc1C. The van der Waals surface area contributed by atoms with E-state index in [4.69, 9.17) is 10.5 Å². The Labute approximate surface area is 214 Å². The van der Waals surface area contributed by atoms with Crippen molar-refractivity contribution in [3.63, 3.8) is 0 Å². The molecule has 0 saturated carbocycles. The molecule has 0 bridgehead atoms. The molecule has 0 aliphatic heterocycles. The van der Waals surface area contributed by atoms with Gasteiger partial charge in [-0.15, -0.1) is 6.58 Å². The van der Waals surface area contributed by atoms with Crippen molar-refractivity contribution in [1.29, 1.82) is 0 Å². The predicted molar refractivity (Wildman–Crippen MR) is 140 cm³/mol. The normalized spacial score (nSPS) is 13.6. The zero-order valence-corrected chi connectivity index (χ0v) is 22.6. The summed E-state index contributed by atoms with van der Waals surface area (Å²) < 4.78 is 5.28. The Morgan fingerprint density at radius 1 is 1.14 bits per heavy atom. The first-order valence-electron chi connectivity index (χ1n) is 12.3. The van der Waals surface area contributed by atoms with E-state index in [9.17, 15) is 19.2 Å². The number of nitrogens with zero attached hydrogens (tertiary/aromatic N) is 1. The summed E-state index contributed by atoms with van der Waals surface area (Å²) in [5, 5.41) is 5.47. The van der Waals surface area contributed by atoms with Crippen molar-refractivity contribution in [1.82, 2.24) is 15.5 Å². The maximum atomic E-state index is 13.8. The second-order valence-corrected chi connectivity index (χ2v) is 10.1. The summed E-state index contributed by atoms with van der Waals surface area (Å²) in [5.41, 5.74) is 6.90. The lowest BCUT2D eigenvalue weighted by Gasteiger charge is -2.35. The highest BCUT2D eigenvalue weighted by atomic mass is 16.6. The van der Waals surface area contributed by atoms with E-state index >= 15 is 0 Å². The molecule has 0 saturated heterocycles. The van der Waals surface area contributed by atoms with Gasteiger partial charge in [0.25, 0.3) is 0 Å². The average Bonchev–Trinajstić information content (AvgIpc) is 2.72. The highest BCUT2D eigenvalue weighted by molar-refractivity contribution is 5.95. The van der Waals surface area contributed by atoms with Crippen LogP contribution in [-0.2, 0) is 19.1 Å². The molecule has 0 aliphatic rings. The molecule has 0 fully saturated rings. The topological polar surface area (TPSA) is 131 Å². The van der Waals surface area contributed by atoms with Gasteiger partial charge in [-0.25, -0.2) is 4.79 Å². The van der Waals surface area contributed by atoms with Crippen LogP contribution in [-0.4, -0.2) is 52.9 Å². The fourth-order valence-electron chi connectivity index (χ4n) is 4.03. The number of primary amides is 1. The standard InChI is InChI=1S/C27H42N4O5/c1-9-12-19(5)29-24(33)23(22-17(3)13-11-14-18(22)4)31(15-10-2)25(34)20(16-21(28)32)30-26(35)36-27(6,7)8/h10-11,13-14,19-20,23H,2,9,12,15-16H2,1,3-8H3,(H2,28,32)(H,29,33)(H,30,35). The molecule has 9 nitrogen and oxygen atoms in total. The number of benzene rings is 1. The van der Waals surface area contributed by atoms with Crippen molar-refractivity contribution in [2.45, 2.75) is 91.5 Å². The quantitative estimate of drug-likeness (QED) is 0.377. The monoisotopic (exact) mass is 502 g/mol. The number of aryl methyl sites for hydroxylation is 2. The fourth-order valence-corrected chi connectivity index (χ4v) is 4.03. The van der Waals surface area contributed by atoms with Gasteiger partial charge in [0, 0.05) is 12.6 Å². The van der Waals surface area contributed by atoms with Crippen molar-refractivity contribution in [3.8, 4) is 0 Å². The second kappa shape index (κ2) is 13.7. The van der Waals surface area contributed by atoms with Crippen LogP contribution in [0.5, 0.6) is 0 Å². The van der Waals surface area contributed by atoms with E-state index in [1.54, 1.807) is 20.8 Å². The maximum absolute atomic E-state index is 13.8. The zero-order valence-electron chi connectivity index (χ0n) is 22.6. The van der Waals surface area contributed by atoms with Gasteiger partial charge in [-0.2, -0.15) is 0 Å². The highest BCUT2D eigenvalue weighted by Gasteiger charge is 2.38. The van der Waals surface area contributed by atoms with Crippen LogP contribution < -0.4 is 16.4 Å². The van der Waals surface area contributed by atoms with Gasteiger partial charge >= 0.3 is 6.09 Å². The van der Waals surface area contributed by atoms with E-state index in [0.717, 1.165) is 24.0 Å². The molecular weight excluding hydrogens is 460 g/mol. The number of hydrogen-bond donors (Lipinski definition) is 3. The Morgan fingerprint density at radius 2 is 1.72 bits per heavy atom. The molecule has 1 rings (SSSR count). The molecule has 4 N–H and O–H groups in total. The smallest absolute Gasteiger partial charge is 0.408 e. The molecule has 9 heteroatoms. The summed E-state index contributed by atoms with van der Waals surface area (Å²) in [7, 11) is 0. The number of rotatable bonds is 12. The number of carbonyl (C=O) groups excluding carboxylic acids is 4. The number of hydrogen-bond acceptors (Lipinski definition) is 5. The van der Waals surface area contributed by atoms with Crippen LogP contribution in [0.2, 0.25) is 0 Å². The van der Waals surface area contributed by atoms with Gasteiger partial charge in [-0.05, 0) is 64.7 Å². The number of nitrogens with two attached hydrogens (primary N) is 1. The molecule has 1 aromatic rings. The minimum atomic E-state index is -1.33. The average molecular weight is 503 g/mol. The molecule has 0 spiro atoms. The summed E-state index contributed by atoms with van der Waals surface area (Å²) in [4.78, 5) is 53.1. The molecular formula is C27H42N4O5. The lowest BCUT2D eigenvalue weighted by molar-refractivity contribution is -0.143. The van der Waals surface area contributed by atoms with E-state index in [2.05, 4.69) is 17.2 Å². The molecule has 0 heterocycles. The molecule has 0 radical (unpaired) electrons. The maximum Gasteiger partial charge on any atom is 0.408 e. The molecule has 3 atom stereocenters. The summed E-state index contributed by atoms with van der Waals surface area (Å²) in [5.74, 6) is -1.79. The van der Waals surface area contributed by atoms with Crippen LogP contribution in [0.3, 0.4) is 0 Å². The van der Waals surface area contributed by atoms with E-state index in [1.165, 1.54) is 11.0 Å². The van der Waals surface area contributed by atoms with Gasteiger partial charge in [0.1, 0.15) is 17.7 Å². The number of carbonyl (C=O) groups is 4. The van der Waals surface area contributed by atoms with Crippen molar-refractivity contribution < 1.29 is 23.9 Å². The van der Waals surface area contributed by atoms with E-state index in [0.29, 0.717) is 5.56 Å². The molecule has 1 aromatic carbocycles. The molecule has 0 aliphatic carbocycles. The van der Waals surface area contributed by atoms with Crippen molar-refractivity contribution in [2.24, 2.45) is 5.73 Å². The number of nitrogens with one attached hydrogen (secondary N) is 2. The van der Waals surface area contributed by atoms with Gasteiger partial charge in [-0.3, -0.25) is 14.4 Å². The molecule has 36 heavy (non-hydrogen) atoms. The van der Waals surface area contributed by atoms with Crippen LogP contribution in [0.4, 0.5) is 4.79 Å². The summed E-state index contributed by atoms with van der Waals surface area (Å²) in [6, 6.07) is 3.15. The zero-order chi connectivity index (χ0) is 27.6. The van der Waals surface area contributed by atoms with Crippen molar-refractivity contribution in [3.05, 3.63) is 47.5 Å². The summed E-state index contributed by atoms with van der Waals surface area (Å²) in [6.07, 6.45) is 1.82. The Balaban J connectivity index is 3.56. The Morgan fingerprint density at radius 3 is 2.19 bits per heavy atom. The van der Waals surface area contributed by atoms with Gasteiger partial charge < -0.3 is 26.0 Å². The molecule has 0 aromatic heterocycles. The molecule has 200 valence electrons.